The molecule has 7 nitrogen and oxygen atoms in total. The van der Waals surface area contributed by atoms with Crippen LogP contribution in [0, 0.1) is 0 Å². The lowest BCUT2D eigenvalue weighted by Gasteiger charge is -2.33. The van der Waals surface area contributed by atoms with E-state index in [0.29, 0.717) is 40.8 Å². The van der Waals surface area contributed by atoms with Gasteiger partial charge in [-0.3, -0.25) is 4.79 Å². The Kier molecular flexibility index (Phi) is 7.44. The predicted octanol–water partition coefficient (Wildman–Crippen LogP) is 5.34. The highest BCUT2D eigenvalue weighted by molar-refractivity contribution is 6.33. The Morgan fingerprint density at radius 2 is 1.74 bits per heavy atom. The van der Waals surface area contributed by atoms with Crippen LogP contribution in [0.4, 0.5) is 5.82 Å². The predicted molar refractivity (Wildman–Crippen MR) is 131 cm³/mol. The number of carboxylic acid groups (broad SMARTS) is 1. The third kappa shape index (κ3) is 6.14. The lowest BCUT2D eigenvalue weighted by atomic mass is 10.0. The zero-order chi connectivity index (χ0) is 23.9. The molecule has 2 heterocycles. The third-order valence-corrected chi connectivity index (χ3v) is 5.77. The van der Waals surface area contributed by atoms with E-state index in [1.165, 1.54) is 6.08 Å². The molecule has 0 aliphatic carbocycles. The number of carbonyl (C=O) groups is 2. The molecule has 0 atom stereocenters. The van der Waals surface area contributed by atoms with Crippen LogP contribution >= 0.6 is 11.6 Å². The van der Waals surface area contributed by atoms with Crippen LogP contribution in [0.3, 0.4) is 0 Å². The minimum atomic E-state index is -1.03. The second-order valence-electron chi connectivity index (χ2n) is 7.92. The molecule has 0 unspecified atom stereocenters. The number of halogens is 1. The van der Waals surface area contributed by atoms with Gasteiger partial charge in [0.1, 0.15) is 17.3 Å². The summed E-state index contributed by atoms with van der Waals surface area (Å²) in [5, 5.41) is 12.5. The number of piperidine rings is 1. The van der Waals surface area contributed by atoms with Crippen molar-refractivity contribution in [2.75, 3.05) is 18.4 Å². The molecule has 2 aromatic carbocycles. The zero-order valence-corrected chi connectivity index (χ0v) is 19.1. The molecule has 2 N–H and O–H groups in total. The van der Waals surface area contributed by atoms with E-state index in [4.69, 9.17) is 21.4 Å². The summed E-state index contributed by atoms with van der Waals surface area (Å²) in [4.78, 5) is 29.7. The molecule has 1 amide bonds. The number of pyridine rings is 1. The number of para-hydroxylation sites is 1. The maximum atomic E-state index is 12.9. The molecule has 1 aliphatic rings. The monoisotopic (exact) mass is 477 g/mol. The molecule has 1 saturated heterocycles. The summed E-state index contributed by atoms with van der Waals surface area (Å²) in [6.07, 6.45) is 5.57. The summed E-state index contributed by atoms with van der Waals surface area (Å²) in [6.45, 7) is 1.24. The molecule has 8 heteroatoms. The Morgan fingerprint density at radius 3 is 2.38 bits per heavy atom. The molecule has 0 saturated carbocycles. The van der Waals surface area contributed by atoms with Crippen LogP contribution in [-0.4, -0.2) is 46.0 Å². The summed E-state index contributed by atoms with van der Waals surface area (Å²) < 4.78 is 5.79. The summed E-state index contributed by atoms with van der Waals surface area (Å²) >= 11 is 6.31. The van der Waals surface area contributed by atoms with Crippen LogP contribution in [0.1, 0.15) is 28.8 Å². The molecule has 3 aromatic rings. The molecule has 0 spiro atoms. The number of carboxylic acids is 1. The van der Waals surface area contributed by atoms with Crippen molar-refractivity contribution >= 4 is 35.4 Å². The van der Waals surface area contributed by atoms with Gasteiger partial charge in [-0.25, -0.2) is 9.78 Å². The zero-order valence-electron chi connectivity index (χ0n) is 18.4. The van der Waals surface area contributed by atoms with Gasteiger partial charge in [0.05, 0.1) is 5.02 Å². The number of likely N-dealkylation sites (tertiary alicyclic amines) is 1. The molecule has 0 radical (unpaired) electrons. The minimum absolute atomic E-state index is 0.00422. The maximum absolute atomic E-state index is 12.9. The highest BCUT2D eigenvalue weighted by Crippen LogP contribution is 2.25. The first-order chi connectivity index (χ1) is 16.5. The van der Waals surface area contributed by atoms with E-state index < -0.39 is 5.97 Å². The molecule has 1 aliphatic heterocycles. The number of hydrogen-bond acceptors (Lipinski definition) is 5. The molecule has 1 aromatic heterocycles. The van der Waals surface area contributed by atoms with Crippen molar-refractivity contribution in [2.45, 2.75) is 18.9 Å². The quantitative estimate of drug-likeness (QED) is 0.446. The van der Waals surface area contributed by atoms with Crippen LogP contribution in [0.15, 0.2) is 72.9 Å². The smallest absolute Gasteiger partial charge is 0.328 e. The number of aliphatic carboxylic acids is 1. The normalized spacial score (nSPS) is 14.2. The van der Waals surface area contributed by atoms with Gasteiger partial charge >= 0.3 is 5.97 Å². The minimum Gasteiger partial charge on any atom is -0.478 e. The molecular weight excluding hydrogens is 454 g/mol. The Balaban J connectivity index is 1.29. The van der Waals surface area contributed by atoms with Crippen LogP contribution in [0.25, 0.3) is 6.08 Å². The fourth-order valence-electron chi connectivity index (χ4n) is 3.71. The van der Waals surface area contributed by atoms with E-state index in [1.54, 1.807) is 36.5 Å². The molecule has 4 rings (SSSR count). The number of aromatic nitrogens is 1. The summed E-state index contributed by atoms with van der Waals surface area (Å²) in [5.74, 6) is 0.941. The van der Waals surface area contributed by atoms with Crippen molar-refractivity contribution in [3.8, 4) is 11.5 Å². The number of rotatable bonds is 7. The van der Waals surface area contributed by atoms with Crippen LogP contribution < -0.4 is 10.1 Å². The van der Waals surface area contributed by atoms with Crippen LogP contribution in [0.2, 0.25) is 5.02 Å². The Hall–Kier alpha value is -3.84. The fourth-order valence-corrected chi connectivity index (χ4v) is 3.94. The van der Waals surface area contributed by atoms with Gasteiger partial charge in [0.2, 0.25) is 0 Å². The number of nitrogens with zero attached hydrogens (tertiary/aromatic N) is 2. The third-order valence-electron chi connectivity index (χ3n) is 5.48. The van der Waals surface area contributed by atoms with Crippen molar-refractivity contribution in [3.05, 3.63) is 89.1 Å². The lowest BCUT2D eigenvalue weighted by Crippen LogP contribution is -2.42. The van der Waals surface area contributed by atoms with Crippen LogP contribution in [0.5, 0.6) is 11.5 Å². The standard InChI is InChI=1S/C26H24ClN3O4/c27-23-16-18(6-11-24(31)32)17-28-25(23)29-20-12-14-30(15-13-20)26(33)19-7-9-22(10-8-19)34-21-4-2-1-3-5-21/h1-11,16-17,20H,12-15H2,(H,28,29)(H,31,32)/b11-6+. The number of nitrogens with one attached hydrogen (secondary N) is 1. The highest BCUT2D eigenvalue weighted by atomic mass is 35.5. The summed E-state index contributed by atoms with van der Waals surface area (Å²) in [7, 11) is 0. The van der Waals surface area contributed by atoms with Crippen molar-refractivity contribution < 1.29 is 19.4 Å². The van der Waals surface area contributed by atoms with Gasteiger partial charge in [0, 0.05) is 37.0 Å². The Labute approximate surface area is 202 Å². The van der Waals surface area contributed by atoms with Crippen LogP contribution in [-0.2, 0) is 4.79 Å². The lowest BCUT2D eigenvalue weighted by molar-refractivity contribution is -0.131. The SMILES string of the molecule is O=C(O)/C=C/c1cnc(NC2CCN(C(=O)c3ccc(Oc4ccccc4)cc3)CC2)c(Cl)c1. The summed E-state index contributed by atoms with van der Waals surface area (Å²) in [6, 6.07) is 18.5. The van der Waals surface area contributed by atoms with Crippen molar-refractivity contribution in [3.63, 3.8) is 0 Å². The van der Waals surface area contributed by atoms with E-state index in [9.17, 15) is 9.59 Å². The van der Waals surface area contributed by atoms with Gasteiger partial charge in [-0.15, -0.1) is 0 Å². The Bertz CT molecular complexity index is 1170. The first kappa shape index (κ1) is 23.3. The molecule has 34 heavy (non-hydrogen) atoms. The van der Waals surface area contributed by atoms with Gasteiger partial charge in [-0.1, -0.05) is 29.8 Å². The van der Waals surface area contributed by atoms with Gasteiger partial charge in [-0.05, 0) is 66.9 Å². The van der Waals surface area contributed by atoms with Gasteiger partial charge < -0.3 is 20.1 Å². The van der Waals surface area contributed by atoms with E-state index in [2.05, 4.69) is 10.3 Å². The fraction of sp³-hybridized carbons (Fsp3) is 0.192. The number of carbonyl (C=O) groups excluding carboxylic acids is 1. The maximum Gasteiger partial charge on any atom is 0.328 e. The van der Waals surface area contributed by atoms with E-state index in [1.807, 2.05) is 35.2 Å². The van der Waals surface area contributed by atoms with Gasteiger partial charge in [-0.2, -0.15) is 0 Å². The average molecular weight is 478 g/mol. The van der Waals surface area contributed by atoms with Crippen molar-refractivity contribution in [2.24, 2.45) is 0 Å². The van der Waals surface area contributed by atoms with Crippen molar-refractivity contribution in [1.82, 2.24) is 9.88 Å². The molecule has 174 valence electrons. The first-order valence-electron chi connectivity index (χ1n) is 10.9. The number of amides is 1. The van der Waals surface area contributed by atoms with E-state index >= 15 is 0 Å². The number of hydrogen-bond donors (Lipinski definition) is 2. The summed E-state index contributed by atoms with van der Waals surface area (Å²) in [5.41, 5.74) is 1.24. The number of ether oxygens (including phenoxy) is 1. The molecule has 1 fully saturated rings. The number of benzene rings is 2. The second kappa shape index (κ2) is 10.9. The van der Waals surface area contributed by atoms with E-state index in [0.717, 1.165) is 24.7 Å². The Morgan fingerprint density at radius 1 is 1.06 bits per heavy atom. The number of anilines is 1. The topological polar surface area (TPSA) is 91.8 Å². The first-order valence-corrected chi connectivity index (χ1v) is 11.3. The van der Waals surface area contributed by atoms with Gasteiger partial charge in [0.25, 0.3) is 5.91 Å². The second-order valence-corrected chi connectivity index (χ2v) is 8.33. The van der Waals surface area contributed by atoms with E-state index in [-0.39, 0.29) is 11.9 Å². The highest BCUT2D eigenvalue weighted by Gasteiger charge is 2.24. The largest absolute Gasteiger partial charge is 0.478 e. The molecular formula is C26H24ClN3O4. The molecule has 0 bridgehead atoms. The average Bonchev–Trinajstić information content (AvgIpc) is 2.85. The van der Waals surface area contributed by atoms with Crippen molar-refractivity contribution in [1.29, 1.82) is 0 Å². The van der Waals surface area contributed by atoms with Gasteiger partial charge in [0.15, 0.2) is 0 Å².